The van der Waals surface area contributed by atoms with E-state index in [1.165, 1.54) is 32.1 Å². The number of hydrogen-bond acceptors (Lipinski definition) is 1. The third-order valence-corrected chi connectivity index (χ3v) is 4.40. The van der Waals surface area contributed by atoms with E-state index in [1.807, 2.05) is 0 Å². The molecule has 1 saturated carbocycles. The second-order valence-electron chi connectivity index (χ2n) is 3.80. The maximum Gasteiger partial charge on any atom is 0.0290 e. The van der Waals surface area contributed by atoms with Crippen LogP contribution in [0.2, 0.25) is 0 Å². The van der Waals surface area contributed by atoms with Gasteiger partial charge in [0.2, 0.25) is 0 Å². The first-order chi connectivity index (χ1) is 5.23. The third kappa shape index (κ3) is 1.82. The second-order valence-corrected chi connectivity index (χ2v) is 5.05. The normalized spacial score (nSPS) is 25.6. The Hall–Kier alpha value is 0.100. The summed E-state index contributed by atoms with van der Waals surface area (Å²) in [4.78, 5) is 0. The van der Waals surface area contributed by atoms with Crippen LogP contribution < -0.4 is 0 Å². The quantitative estimate of drug-likeness (QED) is 0.619. The molecule has 1 rings (SSSR count). The van der Waals surface area contributed by atoms with Gasteiger partial charge in [-0.1, -0.05) is 26.7 Å². The van der Waals surface area contributed by atoms with Gasteiger partial charge in [0.15, 0.2) is 0 Å². The Morgan fingerprint density at radius 1 is 1.45 bits per heavy atom. The average Bonchev–Trinajstić information content (AvgIpc) is 2.55. The Bertz CT molecular complexity index is 140. The molecule has 1 aliphatic carbocycles. The molecule has 0 bridgehead atoms. The number of rotatable bonds is 3. The summed E-state index contributed by atoms with van der Waals surface area (Å²) in [7, 11) is 0.853. The fourth-order valence-electron chi connectivity index (χ4n) is 2.01. The summed E-state index contributed by atoms with van der Waals surface area (Å²) < 4.78 is 0. The molecule has 11 heavy (non-hydrogen) atoms. The van der Waals surface area contributed by atoms with Crippen LogP contribution in [0.3, 0.4) is 0 Å². The molecular weight excluding hydrogens is 153 g/mol. The van der Waals surface area contributed by atoms with Crippen molar-refractivity contribution in [2.45, 2.75) is 51.1 Å². The van der Waals surface area contributed by atoms with Crippen LogP contribution in [0.25, 0.3) is 0 Å². The van der Waals surface area contributed by atoms with Gasteiger partial charge in [0.25, 0.3) is 0 Å². The Kier molecular flexibility index (Phi) is 3.06. The van der Waals surface area contributed by atoms with Gasteiger partial charge in [-0.05, 0) is 25.2 Å². The minimum atomic E-state index is 0.302. The van der Waals surface area contributed by atoms with Crippen molar-refractivity contribution in [2.24, 2.45) is 5.92 Å². The number of nitrogens with one attached hydrogen (secondary N) is 1. The van der Waals surface area contributed by atoms with Crippen LogP contribution in [0, 0.1) is 11.1 Å². The standard InChI is InChI=1S/C9H18NP/c1-3-9(2,11-10)8-6-4-5-7-8/h8,10H,3-7H2,1-2H3. The maximum absolute atomic E-state index is 7.49. The summed E-state index contributed by atoms with van der Waals surface area (Å²) >= 11 is 0. The molecule has 0 aliphatic heterocycles. The van der Waals surface area contributed by atoms with Crippen LogP contribution in [-0.2, 0) is 0 Å². The van der Waals surface area contributed by atoms with E-state index in [2.05, 4.69) is 13.8 Å². The second kappa shape index (κ2) is 3.67. The third-order valence-electron chi connectivity index (χ3n) is 3.21. The van der Waals surface area contributed by atoms with Gasteiger partial charge in [-0.15, -0.1) is 0 Å². The van der Waals surface area contributed by atoms with Crippen molar-refractivity contribution < 1.29 is 0 Å². The van der Waals surface area contributed by atoms with Gasteiger partial charge in [0.1, 0.15) is 0 Å². The van der Waals surface area contributed by atoms with Crippen LogP contribution in [0.5, 0.6) is 0 Å². The van der Waals surface area contributed by atoms with Crippen molar-refractivity contribution in [2.75, 3.05) is 0 Å². The zero-order chi connectivity index (χ0) is 8.32. The lowest BCUT2D eigenvalue weighted by Gasteiger charge is -2.28. The van der Waals surface area contributed by atoms with Crippen molar-refractivity contribution in [3.63, 3.8) is 0 Å². The van der Waals surface area contributed by atoms with Gasteiger partial charge in [0.05, 0.1) is 0 Å². The molecule has 1 N–H and O–H groups in total. The molecule has 0 aromatic rings. The van der Waals surface area contributed by atoms with E-state index in [9.17, 15) is 0 Å². The summed E-state index contributed by atoms with van der Waals surface area (Å²) in [5, 5.41) is 7.80. The monoisotopic (exact) mass is 171 g/mol. The molecule has 1 fully saturated rings. The van der Waals surface area contributed by atoms with Crippen molar-refractivity contribution in [3.05, 3.63) is 0 Å². The van der Waals surface area contributed by atoms with Crippen molar-refractivity contribution in [3.8, 4) is 0 Å². The zero-order valence-electron chi connectivity index (χ0n) is 7.56. The Morgan fingerprint density at radius 3 is 2.36 bits per heavy atom. The Balaban J connectivity index is 2.59. The highest BCUT2D eigenvalue weighted by Gasteiger charge is 2.33. The van der Waals surface area contributed by atoms with E-state index < -0.39 is 0 Å². The molecule has 1 atom stereocenters. The molecule has 1 nitrogen and oxygen atoms in total. The van der Waals surface area contributed by atoms with Gasteiger partial charge in [-0.2, -0.15) is 0 Å². The predicted molar refractivity (Wildman–Crippen MR) is 50.3 cm³/mol. The smallest absolute Gasteiger partial charge is 0.0290 e. The molecule has 64 valence electrons. The fourth-order valence-corrected chi connectivity index (χ4v) is 2.61. The maximum atomic E-state index is 7.49. The predicted octanol–water partition coefficient (Wildman–Crippen LogP) is 4.05. The molecule has 0 amide bonds. The molecule has 2 heteroatoms. The SMILES string of the molecule is CCC(C)(P=N)C1CCCC1. The van der Waals surface area contributed by atoms with Crippen LogP contribution in [0.1, 0.15) is 46.0 Å². The minimum absolute atomic E-state index is 0.302. The summed E-state index contributed by atoms with van der Waals surface area (Å²) in [6, 6.07) is 0. The highest BCUT2D eigenvalue weighted by atomic mass is 31.1. The summed E-state index contributed by atoms with van der Waals surface area (Å²) in [5.41, 5.74) is 0. The highest BCUT2D eigenvalue weighted by Crippen LogP contribution is 2.43. The van der Waals surface area contributed by atoms with Gasteiger partial charge in [0, 0.05) is 13.5 Å². The van der Waals surface area contributed by atoms with E-state index in [4.69, 9.17) is 5.16 Å². The molecule has 1 unspecified atom stereocenters. The van der Waals surface area contributed by atoms with Gasteiger partial charge in [-0.3, -0.25) is 5.16 Å². The van der Waals surface area contributed by atoms with Gasteiger partial charge >= 0.3 is 0 Å². The topological polar surface area (TPSA) is 23.9 Å². The van der Waals surface area contributed by atoms with Crippen molar-refractivity contribution >= 4 is 8.37 Å². The van der Waals surface area contributed by atoms with Crippen LogP contribution in [0.4, 0.5) is 0 Å². The van der Waals surface area contributed by atoms with Crippen molar-refractivity contribution in [1.82, 2.24) is 0 Å². The van der Waals surface area contributed by atoms with E-state index in [1.54, 1.807) is 0 Å². The lowest BCUT2D eigenvalue weighted by atomic mass is 9.89. The fraction of sp³-hybridized carbons (Fsp3) is 1.00. The van der Waals surface area contributed by atoms with Crippen LogP contribution >= 0.6 is 8.37 Å². The Labute approximate surface area is 71.3 Å². The van der Waals surface area contributed by atoms with Crippen LogP contribution in [-0.4, -0.2) is 5.16 Å². The first-order valence-corrected chi connectivity index (χ1v) is 5.51. The molecule has 0 saturated heterocycles. The first-order valence-electron chi connectivity index (χ1n) is 4.61. The average molecular weight is 171 g/mol. The minimum Gasteiger partial charge on any atom is -0.283 e. The first kappa shape index (κ1) is 9.19. The molecular formula is C9H18NP. The van der Waals surface area contributed by atoms with Crippen molar-refractivity contribution in [1.29, 1.82) is 5.16 Å². The van der Waals surface area contributed by atoms with Crippen LogP contribution in [0.15, 0.2) is 0 Å². The van der Waals surface area contributed by atoms with Gasteiger partial charge in [-0.25, -0.2) is 0 Å². The lowest BCUT2D eigenvalue weighted by molar-refractivity contribution is 0.396. The summed E-state index contributed by atoms with van der Waals surface area (Å²) in [6.45, 7) is 4.50. The largest absolute Gasteiger partial charge is 0.283 e. The van der Waals surface area contributed by atoms with E-state index in [0.717, 1.165) is 14.3 Å². The lowest BCUT2D eigenvalue weighted by Crippen LogP contribution is -2.25. The zero-order valence-corrected chi connectivity index (χ0v) is 8.45. The molecule has 0 radical (unpaired) electrons. The molecule has 0 spiro atoms. The molecule has 0 heterocycles. The van der Waals surface area contributed by atoms with E-state index >= 15 is 0 Å². The Morgan fingerprint density at radius 2 is 2.00 bits per heavy atom. The molecule has 0 aromatic carbocycles. The summed E-state index contributed by atoms with van der Waals surface area (Å²) in [5.74, 6) is 0.840. The van der Waals surface area contributed by atoms with Gasteiger partial charge < -0.3 is 0 Å². The summed E-state index contributed by atoms with van der Waals surface area (Å²) in [6.07, 6.45) is 6.71. The molecule has 0 aromatic heterocycles. The highest BCUT2D eigenvalue weighted by molar-refractivity contribution is 7.27. The van der Waals surface area contributed by atoms with E-state index in [-0.39, 0.29) is 0 Å². The number of hydrogen-bond donors (Lipinski definition) is 1. The van der Waals surface area contributed by atoms with E-state index in [0.29, 0.717) is 5.16 Å². The molecule has 1 aliphatic rings.